The number of hydrogen-bond donors (Lipinski definition) is 1. The molecular formula is C24H27N3O6S3. The number of rotatable bonds is 8. The second-order valence-electron chi connectivity index (χ2n) is 8.38. The smallest absolute Gasteiger partial charge is 0.244 e. The van der Waals surface area contributed by atoms with Gasteiger partial charge in [-0.05, 0) is 56.2 Å². The molecule has 1 aromatic heterocycles. The number of nitrogens with zero attached hydrogens (tertiary/aromatic N) is 2. The lowest BCUT2D eigenvalue weighted by molar-refractivity contribution is -0.120. The van der Waals surface area contributed by atoms with Crippen molar-refractivity contribution in [2.45, 2.75) is 29.6 Å². The lowest BCUT2D eigenvalue weighted by Gasteiger charge is -2.30. The Kier molecular flexibility index (Phi) is 7.79. The fourth-order valence-corrected chi connectivity index (χ4v) is 7.82. The Morgan fingerprint density at radius 2 is 1.69 bits per heavy atom. The minimum absolute atomic E-state index is 0.119. The molecule has 3 aromatic rings. The summed E-state index contributed by atoms with van der Waals surface area (Å²) in [7, 11) is -7.73. The standard InChI is InChI=1S/C24H27N3O6S3/c1-3-33-19-10-8-17(9-11-19)20-16-34-24(25-20)26-23(28)18-12-14-27(15-13-18)36(31,32)22-7-5-4-6-21(22)35(2,29)30/h4-11,16,18H,3,12-15H2,1-2H3,(H,25,26,28). The van der Waals surface area contributed by atoms with Crippen molar-refractivity contribution in [3.8, 4) is 17.0 Å². The van der Waals surface area contributed by atoms with E-state index in [9.17, 15) is 21.6 Å². The predicted molar refractivity (Wildman–Crippen MR) is 138 cm³/mol. The number of hydrogen-bond acceptors (Lipinski definition) is 8. The molecule has 12 heteroatoms. The number of sulfone groups is 1. The van der Waals surface area contributed by atoms with Crippen LogP contribution in [0.15, 0.2) is 63.7 Å². The summed E-state index contributed by atoms with van der Waals surface area (Å²) in [5.41, 5.74) is 1.65. The van der Waals surface area contributed by atoms with E-state index in [1.165, 1.54) is 39.9 Å². The Morgan fingerprint density at radius 1 is 1.06 bits per heavy atom. The molecule has 0 atom stereocenters. The molecule has 36 heavy (non-hydrogen) atoms. The third-order valence-electron chi connectivity index (χ3n) is 5.89. The van der Waals surface area contributed by atoms with Crippen LogP contribution in [0, 0.1) is 5.92 Å². The number of nitrogens with one attached hydrogen (secondary N) is 1. The number of carbonyl (C=O) groups is 1. The number of sulfonamides is 1. The van der Waals surface area contributed by atoms with Gasteiger partial charge in [-0.15, -0.1) is 11.3 Å². The zero-order chi connectivity index (χ0) is 25.9. The molecule has 192 valence electrons. The van der Waals surface area contributed by atoms with Gasteiger partial charge in [-0.25, -0.2) is 21.8 Å². The van der Waals surface area contributed by atoms with E-state index < -0.39 is 19.9 Å². The maximum atomic E-state index is 13.2. The number of thiazole rings is 1. The molecule has 0 radical (unpaired) electrons. The summed E-state index contributed by atoms with van der Waals surface area (Å²) in [6.07, 6.45) is 1.63. The minimum Gasteiger partial charge on any atom is -0.494 e. The Bertz CT molecular complexity index is 1440. The van der Waals surface area contributed by atoms with E-state index in [2.05, 4.69) is 10.3 Å². The van der Waals surface area contributed by atoms with E-state index in [4.69, 9.17) is 4.74 Å². The normalized spacial score (nSPS) is 15.5. The number of piperidine rings is 1. The highest BCUT2D eigenvalue weighted by Crippen LogP contribution is 2.30. The summed E-state index contributed by atoms with van der Waals surface area (Å²) in [5.74, 6) is 0.189. The summed E-state index contributed by atoms with van der Waals surface area (Å²) in [5, 5.41) is 5.18. The first kappa shape index (κ1) is 26.3. The van der Waals surface area contributed by atoms with Gasteiger partial charge in [-0.1, -0.05) is 12.1 Å². The van der Waals surface area contributed by atoms with Gasteiger partial charge in [0.15, 0.2) is 15.0 Å². The molecule has 1 fully saturated rings. The van der Waals surface area contributed by atoms with Crippen molar-refractivity contribution in [1.82, 2.24) is 9.29 Å². The van der Waals surface area contributed by atoms with Crippen molar-refractivity contribution < 1.29 is 26.4 Å². The highest BCUT2D eigenvalue weighted by molar-refractivity contribution is 7.93. The molecule has 4 rings (SSSR count). The third kappa shape index (κ3) is 5.77. The van der Waals surface area contributed by atoms with Gasteiger partial charge in [0.2, 0.25) is 15.9 Å². The van der Waals surface area contributed by atoms with Gasteiger partial charge in [-0.2, -0.15) is 4.31 Å². The summed E-state index contributed by atoms with van der Waals surface area (Å²) in [4.78, 5) is 16.9. The lowest BCUT2D eigenvalue weighted by Crippen LogP contribution is -2.41. The van der Waals surface area contributed by atoms with E-state index >= 15 is 0 Å². The van der Waals surface area contributed by atoms with Gasteiger partial charge in [-0.3, -0.25) is 4.79 Å². The van der Waals surface area contributed by atoms with Crippen LogP contribution in [0.2, 0.25) is 0 Å². The first-order valence-corrected chi connectivity index (χ1v) is 15.6. The van der Waals surface area contributed by atoms with Crippen LogP contribution in [0.4, 0.5) is 5.13 Å². The summed E-state index contributed by atoms with van der Waals surface area (Å²) >= 11 is 1.32. The van der Waals surface area contributed by atoms with Crippen molar-refractivity contribution in [2.75, 3.05) is 31.3 Å². The zero-order valence-electron chi connectivity index (χ0n) is 19.9. The molecule has 0 aliphatic carbocycles. The Balaban J connectivity index is 1.38. The molecule has 1 saturated heterocycles. The van der Waals surface area contributed by atoms with E-state index in [1.807, 2.05) is 36.6 Å². The average Bonchev–Trinajstić information content (AvgIpc) is 3.32. The second-order valence-corrected chi connectivity index (χ2v) is 13.1. The van der Waals surface area contributed by atoms with Crippen molar-refractivity contribution >= 4 is 42.2 Å². The van der Waals surface area contributed by atoms with Gasteiger partial charge >= 0.3 is 0 Å². The monoisotopic (exact) mass is 549 g/mol. The fraction of sp³-hybridized carbons (Fsp3) is 0.333. The van der Waals surface area contributed by atoms with Gasteiger partial charge < -0.3 is 10.1 Å². The second kappa shape index (κ2) is 10.7. The molecule has 1 aliphatic rings. The highest BCUT2D eigenvalue weighted by atomic mass is 32.2. The van der Waals surface area contributed by atoms with E-state index in [1.54, 1.807) is 0 Å². The van der Waals surface area contributed by atoms with E-state index in [0.29, 0.717) is 24.6 Å². The van der Waals surface area contributed by atoms with Crippen LogP contribution in [-0.2, 0) is 24.7 Å². The highest BCUT2D eigenvalue weighted by Gasteiger charge is 2.34. The van der Waals surface area contributed by atoms with Crippen LogP contribution in [0.3, 0.4) is 0 Å². The molecule has 0 spiro atoms. The van der Waals surface area contributed by atoms with Crippen molar-refractivity contribution in [3.63, 3.8) is 0 Å². The van der Waals surface area contributed by atoms with Crippen LogP contribution in [0.5, 0.6) is 5.75 Å². The Hall–Kier alpha value is -2.80. The molecule has 2 heterocycles. The van der Waals surface area contributed by atoms with Crippen LogP contribution in [0.1, 0.15) is 19.8 Å². The number of carbonyl (C=O) groups excluding carboxylic acids is 1. The van der Waals surface area contributed by atoms with Crippen LogP contribution in [-0.4, -0.2) is 58.0 Å². The molecule has 1 amide bonds. The van der Waals surface area contributed by atoms with Gasteiger partial charge in [0.25, 0.3) is 0 Å². The van der Waals surface area contributed by atoms with Crippen LogP contribution >= 0.6 is 11.3 Å². The van der Waals surface area contributed by atoms with Crippen molar-refractivity contribution in [1.29, 1.82) is 0 Å². The maximum Gasteiger partial charge on any atom is 0.244 e. The Morgan fingerprint density at radius 3 is 2.31 bits per heavy atom. The molecule has 0 saturated carbocycles. The van der Waals surface area contributed by atoms with Crippen molar-refractivity contribution in [2.24, 2.45) is 5.92 Å². The molecule has 9 nitrogen and oxygen atoms in total. The largest absolute Gasteiger partial charge is 0.494 e. The van der Waals surface area contributed by atoms with Crippen LogP contribution < -0.4 is 10.1 Å². The summed E-state index contributed by atoms with van der Waals surface area (Å²) < 4.78 is 57.2. The molecule has 0 unspecified atom stereocenters. The summed E-state index contributed by atoms with van der Waals surface area (Å²) in [6, 6.07) is 13.1. The van der Waals surface area contributed by atoms with Crippen molar-refractivity contribution in [3.05, 3.63) is 53.9 Å². The summed E-state index contributed by atoms with van der Waals surface area (Å²) in [6.45, 7) is 2.75. The Labute approximate surface area is 215 Å². The molecule has 1 N–H and O–H groups in total. The SMILES string of the molecule is CCOc1ccc(-c2csc(NC(=O)C3CCN(S(=O)(=O)c4ccccc4S(C)(=O)=O)CC3)n2)cc1. The molecule has 1 aliphatic heterocycles. The number of aromatic nitrogens is 1. The fourth-order valence-electron chi connectivity index (χ4n) is 4.03. The lowest BCUT2D eigenvalue weighted by atomic mass is 9.97. The first-order chi connectivity index (χ1) is 17.1. The van der Waals surface area contributed by atoms with Gasteiger partial charge in [0, 0.05) is 36.2 Å². The quantitative estimate of drug-likeness (QED) is 0.455. The zero-order valence-corrected chi connectivity index (χ0v) is 22.3. The van der Waals surface area contributed by atoms with E-state index in [0.717, 1.165) is 23.3 Å². The molecule has 0 bridgehead atoms. The van der Waals surface area contributed by atoms with Gasteiger partial charge in [0.05, 0.1) is 17.2 Å². The van der Waals surface area contributed by atoms with Crippen LogP contribution in [0.25, 0.3) is 11.3 Å². The maximum absolute atomic E-state index is 13.2. The first-order valence-electron chi connectivity index (χ1n) is 11.4. The number of benzene rings is 2. The van der Waals surface area contributed by atoms with Gasteiger partial charge in [0.1, 0.15) is 10.6 Å². The third-order valence-corrected chi connectivity index (χ3v) is 9.89. The number of ether oxygens (including phenoxy) is 1. The number of anilines is 1. The average molecular weight is 550 g/mol. The molecule has 2 aromatic carbocycles. The minimum atomic E-state index is -4.01. The number of amides is 1. The van der Waals surface area contributed by atoms with E-state index in [-0.39, 0.29) is 34.7 Å². The topological polar surface area (TPSA) is 123 Å². The molecular weight excluding hydrogens is 522 g/mol. The predicted octanol–water partition coefficient (Wildman–Crippen LogP) is 3.65.